The van der Waals surface area contributed by atoms with Gasteiger partial charge in [0.2, 0.25) is 0 Å². The van der Waals surface area contributed by atoms with E-state index >= 15 is 0 Å². The van der Waals surface area contributed by atoms with Gasteiger partial charge in [0.1, 0.15) is 17.2 Å². The van der Waals surface area contributed by atoms with E-state index in [2.05, 4.69) is 10.2 Å². The molecule has 0 atom stereocenters. The number of ether oxygens (including phenoxy) is 3. The van der Waals surface area contributed by atoms with Crippen LogP contribution in [0.15, 0.2) is 42.5 Å². The quantitative estimate of drug-likeness (QED) is 0.625. The molecule has 0 fully saturated rings. The SMILES string of the molecule is COc1cc(CCc2cc(-c3cccc(C(N)=O)c3OC)n[nH]2)cc(OC)c1. The van der Waals surface area contributed by atoms with Crippen molar-refractivity contribution in [1.82, 2.24) is 10.2 Å². The van der Waals surface area contributed by atoms with E-state index in [1.807, 2.05) is 30.3 Å². The smallest absolute Gasteiger partial charge is 0.252 e. The first kappa shape index (κ1) is 19.3. The second-order valence-electron chi connectivity index (χ2n) is 6.25. The van der Waals surface area contributed by atoms with Crippen molar-refractivity contribution in [3.63, 3.8) is 0 Å². The minimum atomic E-state index is -0.540. The molecule has 0 radical (unpaired) electrons. The lowest BCUT2D eigenvalue weighted by molar-refractivity contribution is 0.0997. The number of hydrogen-bond donors (Lipinski definition) is 2. The van der Waals surface area contributed by atoms with Gasteiger partial charge in [-0.05, 0) is 48.7 Å². The largest absolute Gasteiger partial charge is 0.497 e. The second-order valence-corrected chi connectivity index (χ2v) is 6.25. The number of amides is 1. The zero-order valence-corrected chi connectivity index (χ0v) is 16.1. The zero-order valence-electron chi connectivity index (χ0n) is 16.1. The summed E-state index contributed by atoms with van der Waals surface area (Å²) in [6.45, 7) is 0. The van der Waals surface area contributed by atoms with Crippen LogP contribution in [0.5, 0.6) is 17.2 Å². The number of methoxy groups -OCH3 is 3. The Morgan fingerprint density at radius 1 is 1.00 bits per heavy atom. The van der Waals surface area contributed by atoms with Crippen molar-refractivity contribution in [3.05, 3.63) is 59.3 Å². The number of H-pyrrole nitrogens is 1. The lowest BCUT2D eigenvalue weighted by Crippen LogP contribution is -2.12. The number of rotatable bonds is 8. The molecule has 7 nitrogen and oxygen atoms in total. The van der Waals surface area contributed by atoms with Crippen LogP contribution in [-0.2, 0) is 12.8 Å². The van der Waals surface area contributed by atoms with Crippen molar-refractivity contribution < 1.29 is 19.0 Å². The average molecular weight is 381 g/mol. The highest BCUT2D eigenvalue weighted by Crippen LogP contribution is 2.32. The Bertz CT molecular complexity index is 959. The summed E-state index contributed by atoms with van der Waals surface area (Å²) in [7, 11) is 4.77. The number of benzene rings is 2. The molecule has 146 valence electrons. The summed E-state index contributed by atoms with van der Waals surface area (Å²) in [5, 5.41) is 7.42. The number of nitrogens with one attached hydrogen (secondary N) is 1. The van der Waals surface area contributed by atoms with Gasteiger partial charge in [0.05, 0.1) is 32.6 Å². The highest BCUT2D eigenvalue weighted by atomic mass is 16.5. The molecule has 0 aliphatic rings. The molecule has 3 N–H and O–H groups in total. The summed E-state index contributed by atoms with van der Waals surface area (Å²) < 4.78 is 16.0. The van der Waals surface area contributed by atoms with E-state index < -0.39 is 5.91 Å². The maximum absolute atomic E-state index is 11.6. The first-order valence-corrected chi connectivity index (χ1v) is 8.79. The molecule has 0 saturated heterocycles. The van der Waals surface area contributed by atoms with Crippen molar-refractivity contribution in [3.8, 4) is 28.5 Å². The minimum Gasteiger partial charge on any atom is -0.497 e. The molecule has 0 aliphatic heterocycles. The van der Waals surface area contributed by atoms with Gasteiger partial charge >= 0.3 is 0 Å². The van der Waals surface area contributed by atoms with E-state index in [0.29, 0.717) is 22.6 Å². The summed E-state index contributed by atoms with van der Waals surface area (Å²) in [4.78, 5) is 11.6. The Hall–Kier alpha value is -3.48. The summed E-state index contributed by atoms with van der Waals surface area (Å²) in [6, 6.07) is 13.0. The first-order chi connectivity index (χ1) is 13.5. The number of hydrogen-bond acceptors (Lipinski definition) is 5. The maximum atomic E-state index is 11.6. The molecule has 1 aromatic heterocycles. The first-order valence-electron chi connectivity index (χ1n) is 8.79. The van der Waals surface area contributed by atoms with Gasteiger partial charge in [-0.1, -0.05) is 6.07 Å². The van der Waals surface area contributed by atoms with E-state index in [4.69, 9.17) is 19.9 Å². The van der Waals surface area contributed by atoms with E-state index in [1.165, 1.54) is 7.11 Å². The summed E-state index contributed by atoms with van der Waals surface area (Å²) in [6.07, 6.45) is 1.54. The predicted molar refractivity (Wildman–Crippen MR) is 106 cm³/mol. The fourth-order valence-corrected chi connectivity index (χ4v) is 3.07. The normalized spacial score (nSPS) is 10.5. The number of nitrogens with zero attached hydrogens (tertiary/aromatic N) is 1. The van der Waals surface area contributed by atoms with Crippen LogP contribution < -0.4 is 19.9 Å². The average Bonchev–Trinajstić information content (AvgIpc) is 3.20. The van der Waals surface area contributed by atoms with Gasteiger partial charge in [0.15, 0.2) is 0 Å². The monoisotopic (exact) mass is 381 g/mol. The topological polar surface area (TPSA) is 99.5 Å². The summed E-state index contributed by atoms with van der Waals surface area (Å²) in [5.41, 5.74) is 9.23. The molecular weight excluding hydrogens is 358 g/mol. The van der Waals surface area contributed by atoms with Crippen LogP contribution in [0, 0.1) is 0 Å². The van der Waals surface area contributed by atoms with Crippen LogP contribution in [0.4, 0.5) is 0 Å². The highest BCUT2D eigenvalue weighted by molar-refractivity contribution is 5.98. The third-order valence-corrected chi connectivity index (χ3v) is 4.49. The second kappa shape index (κ2) is 8.47. The molecule has 28 heavy (non-hydrogen) atoms. The van der Waals surface area contributed by atoms with Gasteiger partial charge in [-0.25, -0.2) is 0 Å². The number of carbonyl (C=O) groups is 1. The maximum Gasteiger partial charge on any atom is 0.252 e. The van der Waals surface area contributed by atoms with Gasteiger partial charge in [0, 0.05) is 17.3 Å². The van der Waals surface area contributed by atoms with Crippen LogP contribution in [0.3, 0.4) is 0 Å². The molecule has 2 aromatic carbocycles. The lowest BCUT2D eigenvalue weighted by Gasteiger charge is -2.09. The molecule has 3 rings (SSSR count). The van der Waals surface area contributed by atoms with Gasteiger partial charge in [-0.15, -0.1) is 0 Å². The van der Waals surface area contributed by atoms with Crippen molar-refractivity contribution in [2.24, 2.45) is 5.73 Å². The van der Waals surface area contributed by atoms with Crippen molar-refractivity contribution in [2.45, 2.75) is 12.8 Å². The number of nitrogens with two attached hydrogens (primary N) is 1. The standard InChI is InChI=1S/C21H23N3O4/c1-26-15-9-13(10-16(12-15)27-2)7-8-14-11-19(24-23-14)17-5-4-6-18(21(22)25)20(17)28-3/h4-6,9-12H,7-8H2,1-3H3,(H2,22,25)(H,23,24). The van der Waals surface area contributed by atoms with Crippen LogP contribution in [-0.4, -0.2) is 37.4 Å². The molecule has 7 heteroatoms. The van der Waals surface area contributed by atoms with Gasteiger partial charge in [-0.2, -0.15) is 5.10 Å². The van der Waals surface area contributed by atoms with E-state index in [1.54, 1.807) is 26.4 Å². The number of carbonyl (C=O) groups excluding carboxylic acids is 1. The predicted octanol–water partition coefficient (Wildman–Crippen LogP) is 2.99. The molecule has 0 saturated carbocycles. The minimum absolute atomic E-state index is 0.327. The zero-order chi connectivity index (χ0) is 20.1. The number of para-hydroxylation sites is 1. The molecule has 0 unspecified atom stereocenters. The lowest BCUT2D eigenvalue weighted by atomic mass is 10.0. The Labute approximate surface area is 163 Å². The van der Waals surface area contributed by atoms with Crippen LogP contribution in [0.25, 0.3) is 11.3 Å². The van der Waals surface area contributed by atoms with E-state index in [-0.39, 0.29) is 0 Å². The highest BCUT2D eigenvalue weighted by Gasteiger charge is 2.16. The fourth-order valence-electron chi connectivity index (χ4n) is 3.07. The van der Waals surface area contributed by atoms with Gasteiger partial charge in [0.25, 0.3) is 5.91 Å². The van der Waals surface area contributed by atoms with Gasteiger partial charge < -0.3 is 19.9 Å². The number of aromatic amines is 1. The Morgan fingerprint density at radius 2 is 1.71 bits per heavy atom. The summed E-state index contributed by atoms with van der Waals surface area (Å²) >= 11 is 0. The Balaban J connectivity index is 1.81. The molecule has 1 heterocycles. The van der Waals surface area contributed by atoms with Crippen molar-refractivity contribution >= 4 is 5.91 Å². The van der Waals surface area contributed by atoms with Crippen LogP contribution >= 0.6 is 0 Å². The number of aromatic nitrogens is 2. The molecular formula is C21H23N3O4. The fraction of sp³-hybridized carbons (Fsp3) is 0.238. The van der Waals surface area contributed by atoms with E-state index in [9.17, 15) is 4.79 Å². The van der Waals surface area contributed by atoms with Crippen LogP contribution in [0.2, 0.25) is 0 Å². The third kappa shape index (κ3) is 4.09. The molecule has 1 amide bonds. The molecule has 0 aliphatic carbocycles. The number of primary amides is 1. The Kier molecular flexibility index (Phi) is 5.84. The molecule has 0 bridgehead atoms. The Morgan fingerprint density at radius 3 is 2.32 bits per heavy atom. The third-order valence-electron chi connectivity index (χ3n) is 4.49. The van der Waals surface area contributed by atoms with Crippen LogP contribution in [0.1, 0.15) is 21.6 Å². The molecule has 3 aromatic rings. The number of aryl methyl sites for hydroxylation is 2. The van der Waals surface area contributed by atoms with Gasteiger partial charge in [-0.3, -0.25) is 9.89 Å². The molecule has 0 spiro atoms. The summed E-state index contributed by atoms with van der Waals surface area (Å²) in [5.74, 6) is 1.40. The van der Waals surface area contributed by atoms with Crippen molar-refractivity contribution in [1.29, 1.82) is 0 Å². The van der Waals surface area contributed by atoms with E-state index in [0.717, 1.165) is 35.6 Å². The van der Waals surface area contributed by atoms with Crippen molar-refractivity contribution in [2.75, 3.05) is 21.3 Å².